The van der Waals surface area contributed by atoms with Gasteiger partial charge in [-0.05, 0) is 48.4 Å². The molecule has 0 saturated heterocycles. The molecule has 1 atom stereocenters. The van der Waals surface area contributed by atoms with E-state index in [1.807, 2.05) is 19.1 Å². The van der Waals surface area contributed by atoms with Crippen LogP contribution >= 0.6 is 27.5 Å². The summed E-state index contributed by atoms with van der Waals surface area (Å²) in [6.45, 7) is 1.92. The average Bonchev–Trinajstić information content (AvgIpc) is 2.30. The summed E-state index contributed by atoms with van der Waals surface area (Å²) in [5.41, 5.74) is 1.88. The van der Waals surface area contributed by atoms with Gasteiger partial charge in [0, 0.05) is 10.0 Å². The van der Waals surface area contributed by atoms with Crippen molar-refractivity contribution in [3.05, 3.63) is 69.2 Å². The Morgan fingerprint density at radius 2 is 1.83 bits per heavy atom. The van der Waals surface area contributed by atoms with E-state index in [1.165, 1.54) is 0 Å². The second-order valence-electron chi connectivity index (χ2n) is 4.09. The maximum Gasteiger partial charge on any atom is 0.128 e. The summed E-state index contributed by atoms with van der Waals surface area (Å²) in [5, 5.41) is -0.711. The maximum atomic E-state index is 13.6. The molecule has 0 bridgehead atoms. The first kappa shape index (κ1) is 13.5. The molecule has 18 heavy (non-hydrogen) atoms. The minimum Gasteiger partial charge on any atom is -0.207 e. The van der Waals surface area contributed by atoms with E-state index in [9.17, 15) is 8.78 Å². The van der Waals surface area contributed by atoms with Crippen LogP contribution in [0.3, 0.4) is 0 Å². The average molecular weight is 332 g/mol. The van der Waals surface area contributed by atoms with Crippen molar-refractivity contribution in [3.63, 3.8) is 0 Å². The van der Waals surface area contributed by atoms with Gasteiger partial charge in [-0.3, -0.25) is 0 Å². The van der Waals surface area contributed by atoms with E-state index in [2.05, 4.69) is 15.9 Å². The smallest absolute Gasteiger partial charge is 0.128 e. The molecule has 94 valence electrons. The molecule has 2 aromatic carbocycles. The van der Waals surface area contributed by atoms with Crippen LogP contribution in [0.4, 0.5) is 8.78 Å². The van der Waals surface area contributed by atoms with Crippen molar-refractivity contribution >= 4 is 27.5 Å². The van der Waals surface area contributed by atoms with E-state index >= 15 is 0 Å². The van der Waals surface area contributed by atoms with E-state index in [-0.39, 0.29) is 5.56 Å². The first-order chi connectivity index (χ1) is 8.47. The lowest BCUT2D eigenvalue weighted by Gasteiger charge is -2.13. The highest BCUT2D eigenvalue weighted by Gasteiger charge is 2.16. The molecule has 4 heteroatoms. The largest absolute Gasteiger partial charge is 0.207 e. The van der Waals surface area contributed by atoms with Crippen LogP contribution in [-0.4, -0.2) is 0 Å². The summed E-state index contributed by atoms with van der Waals surface area (Å²) in [5.74, 6) is -1.00. The summed E-state index contributed by atoms with van der Waals surface area (Å²) in [6.07, 6.45) is 0. The Morgan fingerprint density at radius 3 is 2.50 bits per heavy atom. The molecular formula is C14H10BrClF2. The molecule has 0 radical (unpaired) electrons. The van der Waals surface area contributed by atoms with Crippen LogP contribution in [0.15, 0.2) is 40.9 Å². The molecule has 0 saturated carbocycles. The molecule has 0 fully saturated rings. The standard InChI is InChI=1S/C14H10BrClF2/c1-8-4-9(6-10(15)5-8)14(16)12-7-11(17)2-3-13(12)18/h2-7,14H,1H3. The molecule has 0 aliphatic carbocycles. The third kappa shape index (κ3) is 2.90. The van der Waals surface area contributed by atoms with Crippen molar-refractivity contribution in [1.29, 1.82) is 0 Å². The van der Waals surface area contributed by atoms with Crippen molar-refractivity contribution in [3.8, 4) is 0 Å². The maximum absolute atomic E-state index is 13.6. The third-order valence-corrected chi connectivity index (χ3v) is 3.53. The fourth-order valence-corrected chi connectivity index (χ4v) is 2.72. The summed E-state index contributed by atoms with van der Waals surface area (Å²) in [6, 6.07) is 8.87. The lowest BCUT2D eigenvalue weighted by Crippen LogP contribution is -1.98. The molecule has 0 spiro atoms. The minimum absolute atomic E-state index is 0.147. The first-order valence-electron chi connectivity index (χ1n) is 5.33. The number of rotatable bonds is 2. The lowest BCUT2D eigenvalue weighted by atomic mass is 10.0. The molecule has 0 aliphatic heterocycles. The van der Waals surface area contributed by atoms with Gasteiger partial charge in [0.15, 0.2) is 0 Å². The highest BCUT2D eigenvalue weighted by molar-refractivity contribution is 9.10. The second kappa shape index (κ2) is 5.37. The summed E-state index contributed by atoms with van der Waals surface area (Å²) < 4.78 is 27.7. The van der Waals surface area contributed by atoms with Crippen LogP contribution < -0.4 is 0 Å². The zero-order valence-corrected chi connectivity index (χ0v) is 11.9. The molecule has 0 N–H and O–H groups in total. The van der Waals surface area contributed by atoms with Crippen LogP contribution in [-0.2, 0) is 0 Å². The zero-order chi connectivity index (χ0) is 13.3. The van der Waals surface area contributed by atoms with Gasteiger partial charge >= 0.3 is 0 Å². The van der Waals surface area contributed by atoms with Crippen molar-refractivity contribution in [1.82, 2.24) is 0 Å². The van der Waals surface area contributed by atoms with Crippen molar-refractivity contribution in [2.75, 3.05) is 0 Å². The Hall–Kier alpha value is -0.930. The Kier molecular flexibility index (Phi) is 4.03. The fourth-order valence-electron chi connectivity index (χ4n) is 1.80. The van der Waals surface area contributed by atoms with E-state index in [1.54, 1.807) is 6.07 Å². The summed E-state index contributed by atoms with van der Waals surface area (Å²) in [4.78, 5) is 0. The van der Waals surface area contributed by atoms with Gasteiger partial charge in [-0.25, -0.2) is 8.78 Å². The monoisotopic (exact) mass is 330 g/mol. The van der Waals surface area contributed by atoms with Gasteiger partial charge in [0.05, 0.1) is 5.38 Å². The number of benzene rings is 2. The highest BCUT2D eigenvalue weighted by Crippen LogP contribution is 2.33. The fraction of sp³-hybridized carbons (Fsp3) is 0.143. The quantitative estimate of drug-likeness (QED) is 0.650. The van der Waals surface area contributed by atoms with Gasteiger partial charge in [0.1, 0.15) is 11.6 Å². The van der Waals surface area contributed by atoms with E-state index < -0.39 is 17.0 Å². The van der Waals surface area contributed by atoms with Crippen LogP contribution in [0.25, 0.3) is 0 Å². The van der Waals surface area contributed by atoms with Crippen LogP contribution in [0.5, 0.6) is 0 Å². The van der Waals surface area contributed by atoms with Gasteiger partial charge in [-0.15, -0.1) is 11.6 Å². The molecule has 0 heterocycles. The lowest BCUT2D eigenvalue weighted by molar-refractivity contribution is 0.587. The zero-order valence-electron chi connectivity index (χ0n) is 9.55. The van der Waals surface area contributed by atoms with Crippen LogP contribution in [0.2, 0.25) is 0 Å². The first-order valence-corrected chi connectivity index (χ1v) is 6.56. The summed E-state index contributed by atoms with van der Waals surface area (Å²) >= 11 is 9.59. The third-order valence-electron chi connectivity index (χ3n) is 2.59. The van der Waals surface area contributed by atoms with Gasteiger partial charge < -0.3 is 0 Å². The normalized spacial score (nSPS) is 12.5. The Labute approximate surface area is 118 Å². The molecule has 0 aliphatic rings. The van der Waals surface area contributed by atoms with Gasteiger partial charge in [-0.1, -0.05) is 22.0 Å². The van der Waals surface area contributed by atoms with E-state index in [0.717, 1.165) is 33.8 Å². The number of aryl methyl sites for hydroxylation is 1. The predicted octanol–water partition coefficient (Wildman–Crippen LogP) is 5.36. The van der Waals surface area contributed by atoms with Crippen molar-refractivity contribution < 1.29 is 8.78 Å². The molecular weight excluding hydrogens is 322 g/mol. The molecule has 2 rings (SSSR count). The van der Waals surface area contributed by atoms with Gasteiger partial charge in [-0.2, -0.15) is 0 Å². The molecule has 0 nitrogen and oxygen atoms in total. The molecule has 2 aromatic rings. The number of halogens is 4. The molecule has 0 amide bonds. The number of hydrogen-bond donors (Lipinski definition) is 0. The Morgan fingerprint density at radius 1 is 1.11 bits per heavy atom. The Balaban J connectivity index is 2.47. The minimum atomic E-state index is -0.711. The van der Waals surface area contributed by atoms with Crippen LogP contribution in [0, 0.1) is 18.6 Å². The van der Waals surface area contributed by atoms with Crippen molar-refractivity contribution in [2.45, 2.75) is 12.3 Å². The number of hydrogen-bond acceptors (Lipinski definition) is 0. The number of alkyl halides is 1. The second-order valence-corrected chi connectivity index (χ2v) is 5.44. The molecule has 0 aromatic heterocycles. The highest BCUT2D eigenvalue weighted by atomic mass is 79.9. The SMILES string of the molecule is Cc1cc(Br)cc(C(Cl)c2cc(F)ccc2F)c1. The predicted molar refractivity (Wildman–Crippen MR) is 72.9 cm³/mol. The molecule has 1 unspecified atom stereocenters. The van der Waals surface area contributed by atoms with Crippen LogP contribution in [0.1, 0.15) is 22.1 Å². The van der Waals surface area contributed by atoms with E-state index in [0.29, 0.717) is 0 Å². The van der Waals surface area contributed by atoms with Crippen molar-refractivity contribution in [2.24, 2.45) is 0 Å². The van der Waals surface area contributed by atoms with Gasteiger partial charge in [0.25, 0.3) is 0 Å². The van der Waals surface area contributed by atoms with E-state index in [4.69, 9.17) is 11.6 Å². The Bertz CT molecular complexity index is 564. The topological polar surface area (TPSA) is 0 Å². The summed E-state index contributed by atoms with van der Waals surface area (Å²) in [7, 11) is 0. The van der Waals surface area contributed by atoms with Gasteiger partial charge in [0.2, 0.25) is 0 Å².